The van der Waals surface area contributed by atoms with Crippen LogP contribution in [-0.2, 0) is 14.4 Å². The maximum Gasteiger partial charge on any atom is 0.327 e. The van der Waals surface area contributed by atoms with Gasteiger partial charge in [-0.2, -0.15) is 0 Å². The van der Waals surface area contributed by atoms with Crippen molar-refractivity contribution < 1.29 is 33.9 Å². The zero-order valence-electron chi connectivity index (χ0n) is 14.9. The Kier molecular flexibility index (Phi) is 5.99. The quantitative estimate of drug-likeness (QED) is 0.280. The van der Waals surface area contributed by atoms with Crippen molar-refractivity contribution >= 4 is 57.9 Å². The van der Waals surface area contributed by atoms with Gasteiger partial charge in [0.1, 0.15) is 21.9 Å². The second kappa shape index (κ2) is 8.47. The second-order valence-corrected chi connectivity index (χ2v) is 7.69. The standard InChI is InChI=1S/C18H12N2O8S2/c21-15(22)8-12(17(24)25)19-16(23)14(30-18(19)29)7-11-5-6-13(28-11)9-1-3-10(4-2-9)20(26)27/h1-7,12H,8H2,(H,21,22)(H,24,25)/b14-7+. The normalized spacial score (nSPS) is 16.1. The Hall–Kier alpha value is -3.51. The fraction of sp³-hybridized carbons (Fsp3) is 0.111. The van der Waals surface area contributed by atoms with Gasteiger partial charge >= 0.3 is 11.9 Å². The summed E-state index contributed by atoms with van der Waals surface area (Å²) in [5.41, 5.74) is 0.517. The van der Waals surface area contributed by atoms with Crippen LogP contribution < -0.4 is 0 Å². The number of hydrogen-bond donors (Lipinski definition) is 2. The highest BCUT2D eigenvalue weighted by Gasteiger charge is 2.41. The summed E-state index contributed by atoms with van der Waals surface area (Å²) >= 11 is 5.90. The molecule has 1 unspecified atom stereocenters. The first-order valence-electron chi connectivity index (χ1n) is 8.23. The Morgan fingerprint density at radius 3 is 2.47 bits per heavy atom. The van der Waals surface area contributed by atoms with Gasteiger partial charge in [-0.3, -0.25) is 24.6 Å². The van der Waals surface area contributed by atoms with Gasteiger partial charge in [-0.25, -0.2) is 4.79 Å². The van der Waals surface area contributed by atoms with Gasteiger partial charge in [0.15, 0.2) is 0 Å². The fourth-order valence-electron chi connectivity index (χ4n) is 2.67. The number of carbonyl (C=O) groups excluding carboxylic acids is 1. The lowest BCUT2D eigenvalue weighted by molar-refractivity contribution is -0.384. The third-order valence-electron chi connectivity index (χ3n) is 4.05. The van der Waals surface area contributed by atoms with Crippen LogP contribution in [0.15, 0.2) is 45.7 Å². The molecule has 2 N–H and O–H groups in total. The van der Waals surface area contributed by atoms with E-state index in [9.17, 15) is 29.6 Å². The summed E-state index contributed by atoms with van der Waals surface area (Å²) in [4.78, 5) is 46.0. The first-order chi connectivity index (χ1) is 14.2. The number of carbonyl (C=O) groups is 3. The van der Waals surface area contributed by atoms with Gasteiger partial charge in [0.05, 0.1) is 16.2 Å². The Morgan fingerprint density at radius 1 is 1.23 bits per heavy atom. The van der Waals surface area contributed by atoms with E-state index in [0.717, 1.165) is 16.7 Å². The van der Waals surface area contributed by atoms with Crippen molar-refractivity contribution in [2.75, 3.05) is 0 Å². The zero-order valence-corrected chi connectivity index (χ0v) is 16.5. The number of amides is 1. The first-order valence-corrected chi connectivity index (χ1v) is 9.46. The number of benzene rings is 1. The van der Waals surface area contributed by atoms with Crippen molar-refractivity contribution in [1.82, 2.24) is 4.90 Å². The molecule has 0 saturated carbocycles. The number of nitrogens with zero attached hydrogens (tertiary/aromatic N) is 2. The molecule has 0 bridgehead atoms. The maximum absolute atomic E-state index is 12.6. The zero-order chi connectivity index (χ0) is 22.0. The molecule has 154 valence electrons. The number of carboxylic acids is 2. The summed E-state index contributed by atoms with van der Waals surface area (Å²) in [7, 11) is 0. The summed E-state index contributed by atoms with van der Waals surface area (Å²) in [5, 5.41) is 28.9. The van der Waals surface area contributed by atoms with Crippen LogP contribution >= 0.6 is 24.0 Å². The molecule has 2 heterocycles. The third kappa shape index (κ3) is 4.39. The van der Waals surface area contributed by atoms with Gasteiger partial charge < -0.3 is 14.6 Å². The largest absolute Gasteiger partial charge is 0.481 e. The molecule has 10 nitrogen and oxygen atoms in total. The van der Waals surface area contributed by atoms with E-state index in [1.165, 1.54) is 30.3 Å². The average molecular weight is 448 g/mol. The number of non-ortho nitro benzene ring substituents is 1. The Balaban J connectivity index is 1.83. The van der Waals surface area contributed by atoms with Crippen LogP contribution in [0.4, 0.5) is 5.69 Å². The molecule has 1 aliphatic rings. The molecule has 2 aromatic rings. The van der Waals surface area contributed by atoms with E-state index in [-0.39, 0.29) is 20.7 Å². The van der Waals surface area contributed by atoms with Crippen molar-refractivity contribution in [3.8, 4) is 11.3 Å². The lowest BCUT2D eigenvalue weighted by Gasteiger charge is -2.21. The summed E-state index contributed by atoms with van der Waals surface area (Å²) in [6, 6.07) is 7.25. The van der Waals surface area contributed by atoms with Crippen molar-refractivity contribution in [2.24, 2.45) is 0 Å². The SMILES string of the molecule is O=C(O)CC(C(=O)O)N1C(=O)/C(=C\c2ccc(-c3ccc([N+](=O)[O-])cc3)o2)SC1=S. The van der Waals surface area contributed by atoms with Gasteiger partial charge in [0, 0.05) is 23.8 Å². The molecule has 0 radical (unpaired) electrons. The molecule has 1 fully saturated rings. The molecule has 1 aromatic heterocycles. The van der Waals surface area contributed by atoms with Gasteiger partial charge in [0.2, 0.25) is 0 Å². The smallest absolute Gasteiger partial charge is 0.327 e. The Labute approximate surface area is 177 Å². The molecule has 1 aliphatic heterocycles. The molecule has 3 rings (SSSR count). The Bertz CT molecular complexity index is 1090. The highest BCUT2D eigenvalue weighted by Crippen LogP contribution is 2.35. The topological polar surface area (TPSA) is 151 Å². The molecule has 0 spiro atoms. The van der Waals surface area contributed by atoms with E-state index in [1.807, 2.05) is 0 Å². The minimum atomic E-state index is -1.62. The number of thioether (sulfide) groups is 1. The number of aliphatic carboxylic acids is 2. The molecule has 1 amide bonds. The molecule has 12 heteroatoms. The van der Waals surface area contributed by atoms with Crippen LogP contribution in [0.2, 0.25) is 0 Å². The highest BCUT2D eigenvalue weighted by molar-refractivity contribution is 8.26. The molecular weight excluding hydrogens is 436 g/mol. The summed E-state index contributed by atoms with van der Waals surface area (Å²) in [6.07, 6.45) is 0.577. The second-order valence-electron chi connectivity index (χ2n) is 6.01. The molecule has 1 saturated heterocycles. The highest BCUT2D eigenvalue weighted by atomic mass is 32.2. The Morgan fingerprint density at radius 2 is 1.90 bits per heavy atom. The van der Waals surface area contributed by atoms with Crippen LogP contribution in [0.3, 0.4) is 0 Å². The molecule has 30 heavy (non-hydrogen) atoms. The minimum absolute atomic E-state index is 0.0662. The van der Waals surface area contributed by atoms with Crippen LogP contribution in [0.25, 0.3) is 17.4 Å². The fourth-order valence-corrected chi connectivity index (χ4v) is 4.00. The monoisotopic (exact) mass is 448 g/mol. The van der Waals surface area contributed by atoms with Crippen molar-refractivity contribution in [3.63, 3.8) is 0 Å². The van der Waals surface area contributed by atoms with E-state index in [2.05, 4.69) is 0 Å². The van der Waals surface area contributed by atoms with E-state index in [4.69, 9.17) is 21.7 Å². The van der Waals surface area contributed by atoms with Gasteiger partial charge in [-0.1, -0.05) is 24.0 Å². The number of rotatable bonds is 7. The number of carboxylic acid groups (broad SMARTS) is 2. The van der Waals surface area contributed by atoms with Crippen molar-refractivity contribution in [2.45, 2.75) is 12.5 Å². The third-order valence-corrected chi connectivity index (χ3v) is 5.38. The van der Waals surface area contributed by atoms with Crippen LogP contribution in [0.5, 0.6) is 0 Å². The summed E-state index contributed by atoms with van der Waals surface area (Å²) in [6.45, 7) is 0. The minimum Gasteiger partial charge on any atom is -0.481 e. The lowest BCUT2D eigenvalue weighted by Crippen LogP contribution is -2.45. The van der Waals surface area contributed by atoms with Crippen LogP contribution in [0, 0.1) is 10.1 Å². The van der Waals surface area contributed by atoms with Gasteiger partial charge in [-0.15, -0.1) is 0 Å². The maximum atomic E-state index is 12.6. The molecule has 1 atom stereocenters. The van der Waals surface area contributed by atoms with E-state index in [1.54, 1.807) is 12.1 Å². The lowest BCUT2D eigenvalue weighted by atomic mass is 10.1. The number of nitro groups is 1. The predicted octanol–water partition coefficient (Wildman–Crippen LogP) is 2.98. The van der Waals surface area contributed by atoms with E-state index in [0.29, 0.717) is 11.3 Å². The van der Waals surface area contributed by atoms with Crippen LogP contribution in [-0.4, -0.2) is 48.2 Å². The summed E-state index contributed by atoms with van der Waals surface area (Å²) in [5.74, 6) is -2.91. The average Bonchev–Trinajstić information content (AvgIpc) is 3.25. The number of thiocarbonyl (C=S) groups is 1. The number of furan rings is 1. The molecular formula is C18H12N2O8S2. The predicted molar refractivity (Wildman–Crippen MR) is 109 cm³/mol. The number of hydrogen-bond acceptors (Lipinski definition) is 8. The molecule has 0 aliphatic carbocycles. The summed E-state index contributed by atoms with van der Waals surface area (Å²) < 4.78 is 5.57. The first kappa shape index (κ1) is 21.2. The van der Waals surface area contributed by atoms with E-state index >= 15 is 0 Å². The van der Waals surface area contributed by atoms with E-state index < -0.39 is 35.2 Å². The van der Waals surface area contributed by atoms with Crippen molar-refractivity contribution in [3.05, 3.63) is 57.2 Å². The van der Waals surface area contributed by atoms with Gasteiger partial charge in [0.25, 0.3) is 11.6 Å². The number of nitro benzene ring substituents is 1. The van der Waals surface area contributed by atoms with Gasteiger partial charge in [-0.05, 0) is 24.3 Å². The van der Waals surface area contributed by atoms with Crippen LogP contribution in [0.1, 0.15) is 12.2 Å². The molecule has 1 aromatic carbocycles. The van der Waals surface area contributed by atoms with Crippen molar-refractivity contribution in [1.29, 1.82) is 0 Å².